The van der Waals surface area contributed by atoms with Crippen molar-refractivity contribution in [2.45, 2.75) is 45.3 Å². The van der Waals surface area contributed by atoms with Gasteiger partial charge < -0.3 is 20.3 Å². The number of nitrogens with one attached hydrogen (secondary N) is 2. The summed E-state index contributed by atoms with van der Waals surface area (Å²) in [4.78, 5) is 28.8. The zero-order valence-corrected chi connectivity index (χ0v) is 17.6. The van der Waals surface area contributed by atoms with Gasteiger partial charge in [0, 0.05) is 51.4 Å². The molecule has 2 heterocycles. The Bertz CT molecular complexity index is 651. The van der Waals surface area contributed by atoms with Crippen molar-refractivity contribution in [3.05, 3.63) is 30.3 Å². The number of piperidine rings is 1. The van der Waals surface area contributed by atoms with E-state index in [4.69, 9.17) is 4.74 Å². The van der Waals surface area contributed by atoms with Gasteiger partial charge in [-0.2, -0.15) is 0 Å². The molecule has 29 heavy (non-hydrogen) atoms. The van der Waals surface area contributed by atoms with Crippen LogP contribution < -0.4 is 10.6 Å². The van der Waals surface area contributed by atoms with E-state index in [0.29, 0.717) is 31.1 Å². The first-order chi connectivity index (χ1) is 14.0. The van der Waals surface area contributed by atoms with Crippen LogP contribution in [-0.4, -0.2) is 73.2 Å². The smallest absolute Gasteiger partial charge is 0.319 e. The zero-order valence-electron chi connectivity index (χ0n) is 17.6. The number of nitrogens with zero attached hydrogens (tertiary/aromatic N) is 2. The molecular weight excluding hydrogens is 368 g/mol. The van der Waals surface area contributed by atoms with E-state index in [2.05, 4.69) is 29.4 Å². The summed E-state index contributed by atoms with van der Waals surface area (Å²) in [5, 5.41) is 5.51. The second kappa shape index (κ2) is 10.6. The highest BCUT2D eigenvalue weighted by molar-refractivity contribution is 5.89. The minimum atomic E-state index is -0.281. The van der Waals surface area contributed by atoms with Crippen molar-refractivity contribution in [2.75, 3.05) is 44.6 Å². The van der Waals surface area contributed by atoms with Crippen molar-refractivity contribution in [1.29, 1.82) is 0 Å². The van der Waals surface area contributed by atoms with E-state index in [9.17, 15) is 9.59 Å². The first-order valence-corrected chi connectivity index (χ1v) is 10.7. The summed E-state index contributed by atoms with van der Waals surface area (Å²) in [6.07, 6.45) is 3.03. The summed E-state index contributed by atoms with van der Waals surface area (Å²) in [5.41, 5.74) is 0.738. The SMILES string of the molecule is CC1CN(CC2CCN(C(=O)CCNC(=O)Nc3ccccc3)CC2)CC(C)O1. The van der Waals surface area contributed by atoms with Crippen LogP contribution >= 0.6 is 0 Å². The number of urea groups is 1. The molecule has 2 fully saturated rings. The number of ether oxygens (including phenoxy) is 1. The Morgan fingerprint density at radius 1 is 1.07 bits per heavy atom. The molecule has 2 unspecified atom stereocenters. The first-order valence-electron chi connectivity index (χ1n) is 10.7. The molecular formula is C22H34N4O3. The number of hydrogen-bond acceptors (Lipinski definition) is 4. The molecule has 1 aromatic rings. The van der Waals surface area contributed by atoms with Crippen LogP contribution in [0.25, 0.3) is 0 Å². The van der Waals surface area contributed by atoms with Crippen LogP contribution in [0, 0.1) is 5.92 Å². The number of amides is 3. The van der Waals surface area contributed by atoms with Gasteiger partial charge in [-0.05, 0) is 44.7 Å². The molecule has 3 rings (SSSR count). The fraction of sp³-hybridized carbons (Fsp3) is 0.636. The molecule has 7 nitrogen and oxygen atoms in total. The molecule has 2 aliphatic heterocycles. The third kappa shape index (κ3) is 7.01. The van der Waals surface area contributed by atoms with E-state index >= 15 is 0 Å². The maximum absolute atomic E-state index is 12.4. The Balaban J connectivity index is 1.31. The quantitative estimate of drug-likeness (QED) is 0.767. The standard InChI is InChI=1S/C22H34N4O3/c1-17-14-25(15-18(2)29-17)16-19-9-12-26(13-10-19)21(27)8-11-23-22(28)24-20-6-4-3-5-7-20/h3-7,17-19H,8-16H2,1-2H3,(H2,23,24,28). The number of carbonyl (C=O) groups is 2. The molecule has 2 N–H and O–H groups in total. The van der Waals surface area contributed by atoms with Gasteiger partial charge in [-0.15, -0.1) is 0 Å². The number of carbonyl (C=O) groups excluding carboxylic acids is 2. The fourth-order valence-electron chi connectivity index (χ4n) is 4.30. The van der Waals surface area contributed by atoms with Gasteiger partial charge in [0.15, 0.2) is 0 Å². The number of rotatable bonds is 6. The van der Waals surface area contributed by atoms with Gasteiger partial charge in [-0.1, -0.05) is 18.2 Å². The van der Waals surface area contributed by atoms with Crippen molar-refractivity contribution in [2.24, 2.45) is 5.92 Å². The zero-order chi connectivity index (χ0) is 20.6. The molecule has 0 saturated carbocycles. The summed E-state index contributed by atoms with van der Waals surface area (Å²) in [6.45, 7) is 9.35. The van der Waals surface area contributed by atoms with E-state index in [1.807, 2.05) is 35.2 Å². The summed E-state index contributed by atoms with van der Waals surface area (Å²) in [6, 6.07) is 9.00. The molecule has 7 heteroatoms. The van der Waals surface area contributed by atoms with Crippen molar-refractivity contribution in [1.82, 2.24) is 15.1 Å². The molecule has 2 aliphatic rings. The average Bonchev–Trinajstić information content (AvgIpc) is 2.68. The molecule has 160 valence electrons. The Labute approximate surface area is 173 Å². The maximum Gasteiger partial charge on any atom is 0.319 e. The fourth-order valence-corrected chi connectivity index (χ4v) is 4.30. The lowest BCUT2D eigenvalue weighted by atomic mass is 9.95. The van der Waals surface area contributed by atoms with E-state index < -0.39 is 0 Å². The van der Waals surface area contributed by atoms with Gasteiger partial charge in [0.2, 0.25) is 5.91 Å². The third-order valence-corrected chi connectivity index (χ3v) is 5.63. The Morgan fingerprint density at radius 3 is 2.38 bits per heavy atom. The lowest BCUT2D eigenvalue weighted by Gasteiger charge is -2.39. The highest BCUT2D eigenvalue weighted by atomic mass is 16.5. The van der Waals surface area contributed by atoms with Crippen LogP contribution in [0.15, 0.2) is 30.3 Å². The van der Waals surface area contributed by atoms with Gasteiger partial charge in [0.05, 0.1) is 12.2 Å². The summed E-state index contributed by atoms with van der Waals surface area (Å²) in [7, 11) is 0. The van der Waals surface area contributed by atoms with Crippen molar-refractivity contribution in [3.8, 4) is 0 Å². The number of anilines is 1. The van der Waals surface area contributed by atoms with Crippen LogP contribution in [0.1, 0.15) is 33.1 Å². The van der Waals surface area contributed by atoms with Crippen LogP contribution in [0.5, 0.6) is 0 Å². The molecule has 2 saturated heterocycles. The van der Waals surface area contributed by atoms with Gasteiger partial charge in [0.1, 0.15) is 0 Å². The van der Waals surface area contributed by atoms with Crippen molar-refractivity contribution in [3.63, 3.8) is 0 Å². The predicted molar refractivity (Wildman–Crippen MR) is 114 cm³/mol. The third-order valence-electron chi connectivity index (χ3n) is 5.63. The second-order valence-corrected chi connectivity index (χ2v) is 8.30. The van der Waals surface area contributed by atoms with E-state index in [1.165, 1.54) is 0 Å². The Kier molecular flexibility index (Phi) is 7.89. The normalized spacial score (nSPS) is 23.6. The molecule has 0 bridgehead atoms. The van der Waals surface area contributed by atoms with Gasteiger partial charge in [-0.3, -0.25) is 9.69 Å². The van der Waals surface area contributed by atoms with Crippen molar-refractivity contribution < 1.29 is 14.3 Å². The second-order valence-electron chi connectivity index (χ2n) is 8.30. The number of hydrogen-bond donors (Lipinski definition) is 2. The highest BCUT2D eigenvalue weighted by Crippen LogP contribution is 2.21. The summed E-state index contributed by atoms with van der Waals surface area (Å²) >= 11 is 0. The Hall–Kier alpha value is -2.12. The minimum Gasteiger partial charge on any atom is -0.373 e. The topological polar surface area (TPSA) is 73.9 Å². The minimum absolute atomic E-state index is 0.122. The van der Waals surface area contributed by atoms with Crippen LogP contribution in [0.2, 0.25) is 0 Å². The van der Waals surface area contributed by atoms with Crippen LogP contribution in [0.3, 0.4) is 0 Å². The summed E-state index contributed by atoms with van der Waals surface area (Å²) in [5.74, 6) is 0.767. The molecule has 3 amide bonds. The van der Waals surface area contributed by atoms with E-state index in [0.717, 1.165) is 51.3 Å². The number of para-hydroxylation sites is 1. The first kappa shape index (κ1) is 21.6. The molecule has 0 aliphatic carbocycles. The van der Waals surface area contributed by atoms with Crippen molar-refractivity contribution >= 4 is 17.6 Å². The molecule has 0 radical (unpaired) electrons. The molecule has 1 aromatic carbocycles. The number of morpholine rings is 1. The van der Waals surface area contributed by atoms with Crippen LogP contribution in [0.4, 0.5) is 10.5 Å². The Morgan fingerprint density at radius 2 is 1.72 bits per heavy atom. The van der Waals surface area contributed by atoms with E-state index in [1.54, 1.807) is 0 Å². The maximum atomic E-state index is 12.4. The monoisotopic (exact) mass is 402 g/mol. The van der Waals surface area contributed by atoms with Gasteiger partial charge in [0.25, 0.3) is 0 Å². The number of benzene rings is 1. The van der Waals surface area contributed by atoms with Gasteiger partial charge >= 0.3 is 6.03 Å². The lowest BCUT2D eigenvalue weighted by molar-refractivity contribution is -0.132. The lowest BCUT2D eigenvalue weighted by Crippen LogP contribution is -2.48. The summed E-state index contributed by atoms with van der Waals surface area (Å²) < 4.78 is 5.81. The predicted octanol–water partition coefficient (Wildman–Crippen LogP) is 2.55. The highest BCUT2D eigenvalue weighted by Gasteiger charge is 2.27. The van der Waals surface area contributed by atoms with E-state index in [-0.39, 0.29) is 11.9 Å². The molecule has 2 atom stereocenters. The molecule has 0 spiro atoms. The van der Waals surface area contributed by atoms with Gasteiger partial charge in [-0.25, -0.2) is 4.79 Å². The largest absolute Gasteiger partial charge is 0.373 e. The van der Waals surface area contributed by atoms with Crippen LogP contribution in [-0.2, 0) is 9.53 Å². The number of likely N-dealkylation sites (tertiary alicyclic amines) is 1. The average molecular weight is 403 g/mol. The molecule has 0 aromatic heterocycles.